The minimum absolute atomic E-state index is 0.249. The van der Waals surface area contributed by atoms with Crippen molar-refractivity contribution in [2.24, 2.45) is 4.99 Å². The Labute approximate surface area is 246 Å². The average Bonchev–Trinajstić information content (AvgIpc) is 3.58. The number of thiazole rings is 1. The molecule has 1 amide bonds. The molecule has 0 spiro atoms. The zero-order valence-electron chi connectivity index (χ0n) is 23.7. The molecule has 0 fully saturated rings. The summed E-state index contributed by atoms with van der Waals surface area (Å²) in [5, 5.41) is 3.06. The number of rotatable bonds is 6. The van der Waals surface area contributed by atoms with Crippen LogP contribution in [-0.2, 0) is 4.79 Å². The number of carbonyl (C=O) groups is 1. The van der Waals surface area contributed by atoms with Crippen LogP contribution in [0.3, 0.4) is 0 Å². The number of nitrogens with one attached hydrogen (secondary N) is 1. The van der Waals surface area contributed by atoms with Crippen molar-refractivity contribution >= 4 is 29.0 Å². The Hall–Kier alpha value is -4.95. The Morgan fingerprint density at radius 3 is 2.48 bits per heavy atom. The molecule has 3 heterocycles. The molecule has 7 nitrogen and oxygen atoms in total. The molecule has 42 heavy (non-hydrogen) atoms. The molecule has 2 aromatic heterocycles. The second-order valence-electron chi connectivity index (χ2n) is 10.2. The van der Waals surface area contributed by atoms with E-state index in [1.807, 2.05) is 106 Å². The number of carbonyl (C=O) groups excluding carboxylic acids is 1. The highest BCUT2D eigenvalue weighted by Gasteiger charge is 2.32. The maximum Gasteiger partial charge on any atom is 0.271 e. The van der Waals surface area contributed by atoms with Gasteiger partial charge in [-0.1, -0.05) is 71.5 Å². The lowest BCUT2D eigenvalue weighted by atomic mass is 9.95. The fraction of sp³-hybridized carbons (Fsp3) is 0.147. The van der Waals surface area contributed by atoms with Gasteiger partial charge in [0.1, 0.15) is 17.3 Å². The van der Waals surface area contributed by atoms with Crippen molar-refractivity contribution in [2.75, 3.05) is 12.4 Å². The normalized spacial score (nSPS) is 14.9. The molecule has 210 valence electrons. The first-order valence-electron chi connectivity index (χ1n) is 13.5. The number of benzene rings is 3. The van der Waals surface area contributed by atoms with Crippen LogP contribution in [0.15, 0.2) is 110 Å². The van der Waals surface area contributed by atoms with Crippen molar-refractivity contribution in [1.82, 2.24) is 4.57 Å². The summed E-state index contributed by atoms with van der Waals surface area (Å²) in [6, 6.07) is 26.1. The van der Waals surface area contributed by atoms with Crippen LogP contribution in [0.1, 0.15) is 35.4 Å². The van der Waals surface area contributed by atoms with Gasteiger partial charge < -0.3 is 14.5 Å². The van der Waals surface area contributed by atoms with Gasteiger partial charge in [-0.25, -0.2) is 4.99 Å². The molecule has 3 aromatic carbocycles. The molecular weight excluding hydrogens is 546 g/mol. The summed E-state index contributed by atoms with van der Waals surface area (Å²) in [7, 11) is 1.60. The zero-order chi connectivity index (χ0) is 29.4. The van der Waals surface area contributed by atoms with E-state index in [1.54, 1.807) is 17.8 Å². The molecule has 1 atom stereocenters. The van der Waals surface area contributed by atoms with Gasteiger partial charge in [0.15, 0.2) is 4.80 Å². The number of aryl methyl sites for hydroxylation is 2. The number of hydrogen-bond donors (Lipinski definition) is 1. The van der Waals surface area contributed by atoms with E-state index >= 15 is 0 Å². The third kappa shape index (κ3) is 5.12. The first-order valence-corrected chi connectivity index (χ1v) is 14.3. The van der Waals surface area contributed by atoms with Crippen LogP contribution in [-0.4, -0.2) is 17.6 Å². The number of furan rings is 1. The van der Waals surface area contributed by atoms with Crippen LogP contribution in [0.2, 0.25) is 0 Å². The van der Waals surface area contributed by atoms with Crippen molar-refractivity contribution in [3.63, 3.8) is 0 Å². The highest BCUT2D eigenvalue weighted by molar-refractivity contribution is 7.07. The summed E-state index contributed by atoms with van der Waals surface area (Å²) in [6.45, 7) is 5.77. The molecule has 1 aliphatic heterocycles. The molecule has 0 radical (unpaired) electrons. The highest BCUT2D eigenvalue weighted by Crippen LogP contribution is 2.32. The molecular formula is C34H29N3O4S. The number of ether oxygens (including phenoxy) is 1. The topological polar surface area (TPSA) is 85.8 Å². The van der Waals surface area contributed by atoms with E-state index in [0.717, 1.165) is 22.3 Å². The predicted octanol–water partition coefficient (Wildman–Crippen LogP) is 5.76. The second-order valence-corrected chi connectivity index (χ2v) is 11.2. The minimum atomic E-state index is -0.684. The van der Waals surface area contributed by atoms with Gasteiger partial charge in [-0.2, -0.15) is 0 Å². The number of methoxy groups -OCH3 is 1. The number of fused-ring (bicyclic) bond motifs is 1. The van der Waals surface area contributed by atoms with Gasteiger partial charge >= 0.3 is 0 Å². The fourth-order valence-corrected chi connectivity index (χ4v) is 6.20. The summed E-state index contributed by atoms with van der Waals surface area (Å²) in [6.07, 6.45) is 1.73. The molecule has 8 heteroatoms. The largest absolute Gasteiger partial charge is 0.497 e. The van der Waals surface area contributed by atoms with Crippen LogP contribution < -0.4 is 24.9 Å². The molecule has 0 saturated heterocycles. The number of anilines is 1. The van der Waals surface area contributed by atoms with Crippen molar-refractivity contribution in [1.29, 1.82) is 0 Å². The number of hydrogen-bond acceptors (Lipinski definition) is 6. The maximum atomic E-state index is 14.0. The van der Waals surface area contributed by atoms with Crippen LogP contribution in [0.5, 0.6) is 5.75 Å². The molecule has 5 aromatic rings. The van der Waals surface area contributed by atoms with Crippen LogP contribution in [0, 0.1) is 13.8 Å². The lowest BCUT2D eigenvalue weighted by Crippen LogP contribution is -2.40. The van der Waals surface area contributed by atoms with Crippen LogP contribution in [0.25, 0.3) is 17.4 Å². The summed E-state index contributed by atoms with van der Waals surface area (Å²) in [5.41, 5.74) is 5.20. The number of amides is 1. The minimum Gasteiger partial charge on any atom is -0.497 e. The number of nitrogens with zero attached hydrogens (tertiary/aromatic N) is 2. The molecule has 6 rings (SSSR count). The third-order valence-corrected chi connectivity index (χ3v) is 8.27. The van der Waals surface area contributed by atoms with Gasteiger partial charge in [0.25, 0.3) is 11.5 Å². The van der Waals surface area contributed by atoms with Crippen LogP contribution >= 0.6 is 11.3 Å². The third-order valence-electron chi connectivity index (χ3n) is 7.29. The van der Waals surface area contributed by atoms with Crippen molar-refractivity contribution in [2.45, 2.75) is 26.8 Å². The zero-order valence-corrected chi connectivity index (χ0v) is 24.5. The summed E-state index contributed by atoms with van der Waals surface area (Å²) >= 11 is 1.27. The smallest absolute Gasteiger partial charge is 0.271 e. The van der Waals surface area contributed by atoms with E-state index in [9.17, 15) is 9.59 Å². The van der Waals surface area contributed by atoms with Gasteiger partial charge in [-0.05, 0) is 62.2 Å². The summed E-state index contributed by atoms with van der Waals surface area (Å²) in [5.74, 6) is 1.65. The average molecular weight is 576 g/mol. The van der Waals surface area contributed by atoms with Gasteiger partial charge in [0.2, 0.25) is 0 Å². The predicted molar refractivity (Wildman–Crippen MR) is 165 cm³/mol. The lowest BCUT2D eigenvalue weighted by molar-refractivity contribution is -0.113. The first-order chi connectivity index (χ1) is 20.3. The van der Waals surface area contributed by atoms with Gasteiger partial charge in [0.05, 0.1) is 29.0 Å². The quantitative estimate of drug-likeness (QED) is 0.279. The van der Waals surface area contributed by atoms with E-state index in [4.69, 9.17) is 14.1 Å². The Morgan fingerprint density at radius 1 is 1.00 bits per heavy atom. The van der Waals surface area contributed by atoms with E-state index in [1.165, 1.54) is 11.3 Å². The molecule has 1 aliphatic rings. The van der Waals surface area contributed by atoms with Gasteiger partial charge in [-0.3, -0.25) is 14.2 Å². The van der Waals surface area contributed by atoms with Gasteiger partial charge in [0, 0.05) is 17.3 Å². The Morgan fingerprint density at radius 2 is 1.76 bits per heavy atom. The second kappa shape index (κ2) is 11.1. The fourth-order valence-electron chi connectivity index (χ4n) is 5.17. The molecule has 0 aliphatic carbocycles. The Bertz CT molecular complexity index is 2020. The Balaban J connectivity index is 1.45. The molecule has 0 bridgehead atoms. The van der Waals surface area contributed by atoms with Crippen LogP contribution in [0.4, 0.5) is 5.69 Å². The number of allylic oxidation sites excluding steroid dienone is 1. The SMILES string of the molecule is COc1ccc([C@@H]2C(C(=O)Nc3ccc(C)cc3C)=C(C)N=c3s/c(=C/c4ccc(-c5ccccc5)o4)c(=O)n32)cc1. The standard InChI is InChI=1S/C34H29N3O4S/c1-20-10-16-27(21(2)18-20)36-32(38)30-22(3)35-34-37(31(30)24-11-13-25(40-4)14-12-24)33(39)29(42-34)19-26-15-17-28(41-26)23-8-6-5-7-9-23/h5-19,31H,1-4H3,(H,36,38)/b29-19+/t31-/m1/s1. The Kier molecular flexibility index (Phi) is 7.22. The van der Waals surface area contributed by atoms with E-state index in [2.05, 4.69) is 5.32 Å². The summed E-state index contributed by atoms with van der Waals surface area (Å²) in [4.78, 5) is 33.1. The maximum absolute atomic E-state index is 14.0. The van der Waals surface area contributed by atoms with E-state index in [-0.39, 0.29) is 11.5 Å². The molecule has 0 unspecified atom stereocenters. The highest BCUT2D eigenvalue weighted by atomic mass is 32.1. The summed E-state index contributed by atoms with van der Waals surface area (Å²) < 4.78 is 13.5. The van der Waals surface area contributed by atoms with Gasteiger partial charge in [-0.15, -0.1) is 0 Å². The van der Waals surface area contributed by atoms with Crippen molar-refractivity contribution in [3.8, 4) is 17.1 Å². The lowest BCUT2D eigenvalue weighted by Gasteiger charge is -2.25. The molecule has 1 N–H and O–H groups in total. The van der Waals surface area contributed by atoms with Crippen molar-refractivity contribution in [3.05, 3.63) is 138 Å². The number of aromatic nitrogens is 1. The first kappa shape index (κ1) is 27.2. The van der Waals surface area contributed by atoms with Crippen molar-refractivity contribution < 1.29 is 13.9 Å². The monoisotopic (exact) mass is 575 g/mol. The molecule has 0 saturated carbocycles. The van der Waals surface area contributed by atoms with E-state index in [0.29, 0.717) is 43.6 Å². The van der Waals surface area contributed by atoms with E-state index < -0.39 is 6.04 Å².